The Kier molecular flexibility index (Phi) is 3.20. The van der Waals surface area contributed by atoms with Gasteiger partial charge in [0, 0.05) is 6.04 Å². The van der Waals surface area contributed by atoms with Crippen LogP contribution in [0.1, 0.15) is 43.7 Å². The Hall–Kier alpha value is -1.02. The van der Waals surface area contributed by atoms with Crippen molar-refractivity contribution in [3.63, 3.8) is 0 Å². The summed E-state index contributed by atoms with van der Waals surface area (Å²) < 4.78 is 5.86. The fourth-order valence-electron chi connectivity index (χ4n) is 2.26. The van der Waals surface area contributed by atoms with Crippen LogP contribution < -0.4 is 10.5 Å². The first-order valence-electron chi connectivity index (χ1n) is 6.09. The second kappa shape index (κ2) is 4.46. The van der Waals surface area contributed by atoms with E-state index >= 15 is 0 Å². The minimum atomic E-state index is 0.333. The van der Waals surface area contributed by atoms with Crippen molar-refractivity contribution >= 4 is 0 Å². The van der Waals surface area contributed by atoms with E-state index in [2.05, 4.69) is 39.0 Å². The average molecular weight is 219 g/mol. The lowest BCUT2D eigenvalue weighted by Crippen LogP contribution is -2.43. The summed E-state index contributed by atoms with van der Waals surface area (Å²) in [5.74, 6) is 1.56. The molecule has 0 aliphatic heterocycles. The lowest BCUT2D eigenvalue weighted by Gasteiger charge is -2.32. The molecule has 1 aliphatic carbocycles. The van der Waals surface area contributed by atoms with Crippen LogP contribution in [-0.4, -0.2) is 12.1 Å². The fourth-order valence-corrected chi connectivity index (χ4v) is 2.26. The molecule has 0 aromatic heterocycles. The predicted molar refractivity (Wildman–Crippen MR) is 66.9 cm³/mol. The second-order valence-corrected chi connectivity index (χ2v) is 5.14. The van der Waals surface area contributed by atoms with Gasteiger partial charge in [0.25, 0.3) is 0 Å². The molecule has 0 spiro atoms. The van der Waals surface area contributed by atoms with E-state index in [1.54, 1.807) is 0 Å². The first-order chi connectivity index (χ1) is 7.56. The summed E-state index contributed by atoms with van der Waals surface area (Å²) in [6.45, 7) is 6.58. The standard InChI is InChI=1S/C14H21NO/c1-9(2)14-5-4-12(6-10(14)3)16-13-7-11(15)8-13/h4-6,9,11,13H,7-8,15H2,1-3H3. The van der Waals surface area contributed by atoms with Gasteiger partial charge in [-0.15, -0.1) is 0 Å². The maximum absolute atomic E-state index is 5.86. The zero-order chi connectivity index (χ0) is 11.7. The van der Waals surface area contributed by atoms with Crippen LogP contribution >= 0.6 is 0 Å². The van der Waals surface area contributed by atoms with Crippen molar-refractivity contribution in [1.29, 1.82) is 0 Å². The zero-order valence-corrected chi connectivity index (χ0v) is 10.4. The molecule has 0 amide bonds. The predicted octanol–water partition coefficient (Wildman–Crippen LogP) is 2.99. The molecule has 2 rings (SSSR count). The van der Waals surface area contributed by atoms with Crippen LogP contribution in [-0.2, 0) is 0 Å². The number of hydrogen-bond acceptors (Lipinski definition) is 2. The topological polar surface area (TPSA) is 35.2 Å². The molecule has 1 aromatic carbocycles. The molecule has 88 valence electrons. The molecule has 2 nitrogen and oxygen atoms in total. The SMILES string of the molecule is Cc1cc(OC2CC(N)C2)ccc1C(C)C. The molecule has 0 radical (unpaired) electrons. The van der Waals surface area contributed by atoms with E-state index in [1.807, 2.05) is 0 Å². The second-order valence-electron chi connectivity index (χ2n) is 5.14. The molecule has 1 aliphatic rings. The number of hydrogen-bond donors (Lipinski definition) is 1. The van der Waals surface area contributed by atoms with Crippen molar-refractivity contribution in [3.05, 3.63) is 29.3 Å². The summed E-state index contributed by atoms with van der Waals surface area (Å²) in [5.41, 5.74) is 8.45. The van der Waals surface area contributed by atoms with E-state index in [0.717, 1.165) is 18.6 Å². The number of rotatable bonds is 3. The summed E-state index contributed by atoms with van der Waals surface area (Å²) >= 11 is 0. The normalized spacial score (nSPS) is 24.3. The third-order valence-corrected chi connectivity index (χ3v) is 3.30. The van der Waals surface area contributed by atoms with Crippen LogP contribution in [0, 0.1) is 6.92 Å². The van der Waals surface area contributed by atoms with Crippen molar-refractivity contribution in [2.24, 2.45) is 5.73 Å². The molecule has 16 heavy (non-hydrogen) atoms. The monoisotopic (exact) mass is 219 g/mol. The summed E-state index contributed by atoms with van der Waals surface area (Å²) in [7, 11) is 0. The molecule has 2 heteroatoms. The van der Waals surface area contributed by atoms with Gasteiger partial charge in [-0.25, -0.2) is 0 Å². The molecule has 1 aromatic rings. The van der Waals surface area contributed by atoms with Crippen molar-refractivity contribution in [2.45, 2.75) is 51.7 Å². The first kappa shape index (κ1) is 11.5. The molecule has 0 unspecified atom stereocenters. The number of ether oxygens (including phenoxy) is 1. The maximum atomic E-state index is 5.86. The fraction of sp³-hybridized carbons (Fsp3) is 0.571. The van der Waals surface area contributed by atoms with Crippen molar-refractivity contribution in [1.82, 2.24) is 0 Å². The summed E-state index contributed by atoms with van der Waals surface area (Å²) in [6, 6.07) is 6.74. The Labute approximate surface area is 97.8 Å². The van der Waals surface area contributed by atoms with Gasteiger partial charge in [-0.3, -0.25) is 0 Å². The van der Waals surface area contributed by atoms with Crippen molar-refractivity contribution < 1.29 is 4.74 Å². The number of benzene rings is 1. The van der Waals surface area contributed by atoms with Crippen LogP contribution in [0.25, 0.3) is 0 Å². The summed E-state index contributed by atoms with van der Waals surface area (Å²) in [4.78, 5) is 0. The van der Waals surface area contributed by atoms with E-state index < -0.39 is 0 Å². The Balaban J connectivity index is 2.03. The van der Waals surface area contributed by atoms with Crippen molar-refractivity contribution in [3.8, 4) is 5.75 Å². The van der Waals surface area contributed by atoms with Crippen LogP contribution in [0.5, 0.6) is 5.75 Å². The Morgan fingerprint density at radius 3 is 2.50 bits per heavy atom. The summed E-state index contributed by atoms with van der Waals surface area (Å²) in [5, 5.41) is 0. The molecular formula is C14H21NO. The highest BCUT2D eigenvalue weighted by molar-refractivity contribution is 5.36. The van der Waals surface area contributed by atoms with E-state index in [4.69, 9.17) is 10.5 Å². The number of aryl methyl sites for hydroxylation is 1. The third-order valence-electron chi connectivity index (χ3n) is 3.30. The Morgan fingerprint density at radius 2 is 2.00 bits per heavy atom. The van der Waals surface area contributed by atoms with Gasteiger partial charge in [0.2, 0.25) is 0 Å². The van der Waals surface area contributed by atoms with Gasteiger partial charge in [-0.05, 0) is 48.9 Å². The van der Waals surface area contributed by atoms with Gasteiger partial charge in [0.05, 0.1) is 0 Å². The van der Waals surface area contributed by atoms with E-state index in [9.17, 15) is 0 Å². The van der Waals surface area contributed by atoms with Crippen molar-refractivity contribution in [2.75, 3.05) is 0 Å². The van der Waals surface area contributed by atoms with Gasteiger partial charge in [0.15, 0.2) is 0 Å². The van der Waals surface area contributed by atoms with Gasteiger partial charge < -0.3 is 10.5 Å². The molecule has 0 saturated heterocycles. The first-order valence-corrected chi connectivity index (χ1v) is 6.09. The molecule has 0 heterocycles. The van der Waals surface area contributed by atoms with Crippen LogP contribution in [0.4, 0.5) is 0 Å². The molecular weight excluding hydrogens is 198 g/mol. The molecule has 1 fully saturated rings. The molecule has 0 bridgehead atoms. The van der Waals surface area contributed by atoms with E-state index in [-0.39, 0.29) is 0 Å². The van der Waals surface area contributed by atoms with Crippen LogP contribution in [0.15, 0.2) is 18.2 Å². The average Bonchev–Trinajstić information content (AvgIpc) is 2.15. The van der Waals surface area contributed by atoms with Gasteiger partial charge in [-0.2, -0.15) is 0 Å². The van der Waals surface area contributed by atoms with Crippen LogP contribution in [0.2, 0.25) is 0 Å². The largest absolute Gasteiger partial charge is 0.490 e. The molecule has 2 N–H and O–H groups in total. The lowest BCUT2D eigenvalue weighted by molar-refractivity contribution is 0.101. The smallest absolute Gasteiger partial charge is 0.120 e. The molecule has 0 atom stereocenters. The number of nitrogens with two attached hydrogens (primary N) is 1. The minimum absolute atomic E-state index is 0.333. The van der Waals surface area contributed by atoms with Gasteiger partial charge in [-0.1, -0.05) is 19.9 Å². The van der Waals surface area contributed by atoms with Gasteiger partial charge in [0.1, 0.15) is 11.9 Å². The maximum Gasteiger partial charge on any atom is 0.120 e. The highest BCUT2D eigenvalue weighted by atomic mass is 16.5. The zero-order valence-electron chi connectivity index (χ0n) is 10.4. The molecule has 1 saturated carbocycles. The Bertz CT molecular complexity index is 367. The Morgan fingerprint density at radius 1 is 1.31 bits per heavy atom. The summed E-state index contributed by atoms with van der Waals surface area (Å²) in [6.07, 6.45) is 2.31. The highest BCUT2D eigenvalue weighted by Gasteiger charge is 2.27. The van der Waals surface area contributed by atoms with E-state index in [0.29, 0.717) is 18.1 Å². The van der Waals surface area contributed by atoms with Crippen LogP contribution in [0.3, 0.4) is 0 Å². The quantitative estimate of drug-likeness (QED) is 0.848. The third kappa shape index (κ3) is 2.38. The van der Waals surface area contributed by atoms with E-state index in [1.165, 1.54) is 11.1 Å². The highest BCUT2D eigenvalue weighted by Crippen LogP contribution is 2.28. The minimum Gasteiger partial charge on any atom is -0.490 e. The lowest BCUT2D eigenvalue weighted by atomic mass is 9.90. The van der Waals surface area contributed by atoms with Gasteiger partial charge >= 0.3 is 0 Å².